The summed E-state index contributed by atoms with van der Waals surface area (Å²) in [4.78, 5) is 13.4. The Morgan fingerprint density at radius 1 is 1.37 bits per heavy atom. The summed E-state index contributed by atoms with van der Waals surface area (Å²) < 4.78 is 11.0. The Labute approximate surface area is 112 Å². The molecule has 1 aromatic carbocycles. The van der Waals surface area contributed by atoms with E-state index in [4.69, 9.17) is 15.2 Å². The number of likely N-dealkylation sites (N-methyl/N-ethyl adjacent to an activating group) is 2. The van der Waals surface area contributed by atoms with Crippen LogP contribution in [0.2, 0.25) is 0 Å². The predicted molar refractivity (Wildman–Crippen MR) is 73.8 cm³/mol. The summed E-state index contributed by atoms with van der Waals surface area (Å²) in [5, 5.41) is 2.75. The van der Waals surface area contributed by atoms with E-state index >= 15 is 0 Å². The second-order valence-corrected chi connectivity index (χ2v) is 4.36. The molecule has 1 heterocycles. The van der Waals surface area contributed by atoms with Crippen molar-refractivity contribution in [2.45, 2.75) is 6.92 Å². The fourth-order valence-corrected chi connectivity index (χ4v) is 1.98. The Bertz CT molecular complexity index is 476. The number of hydrogen-bond acceptors (Lipinski definition) is 5. The van der Waals surface area contributed by atoms with Gasteiger partial charge in [-0.2, -0.15) is 0 Å². The largest absolute Gasteiger partial charge is 0.486 e. The minimum Gasteiger partial charge on any atom is -0.486 e. The van der Waals surface area contributed by atoms with E-state index in [-0.39, 0.29) is 12.5 Å². The van der Waals surface area contributed by atoms with Gasteiger partial charge in [0.15, 0.2) is 11.5 Å². The summed E-state index contributed by atoms with van der Waals surface area (Å²) in [5.74, 6) is 1.27. The molecule has 1 aliphatic heterocycles. The number of nitrogens with two attached hydrogens (primary N) is 1. The summed E-state index contributed by atoms with van der Waals surface area (Å²) in [7, 11) is 1.82. The lowest BCUT2D eigenvalue weighted by Gasteiger charge is -2.24. The molecule has 0 saturated heterocycles. The first-order valence-electron chi connectivity index (χ1n) is 6.28. The van der Waals surface area contributed by atoms with Crippen molar-refractivity contribution in [2.75, 3.05) is 44.0 Å². The summed E-state index contributed by atoms with van der Waals surface area (Å²) in [6.07, 6.45) is 0. The van der Waals surface area contributed by atoms with Crippen LogP contribution in [0.3, 0.4) is 0 Å². The van der Waals surface area contributed by atoms with Gasteiger partial charge in [-0.05, 0) is 6.92 Å². The van der Waals surface area contributed by atoms with Crippen LogP contribution in [0.25, 0.3) is 0 Å². The highest BCUT2D eigenvalue weighted by Gasteiger charge is 2.17. The van der Waals surface area contributed by atoms with Gasteiger partial charge in [0.2, 0.25) is 5.91 Å². The molecule has 1 amide bonds. The molecular weight excluding hydrogens is 246 g/mol. The fourth-order valence-electron chi connectivity index (χ4n) is 1.98. The molecule has 1 aromatic rings. The van der Waals surface area contributed by atoms with E-state index < -0.39 is 0 Å². The van der Waals surface area contributed by atoms with Crippen molar-refractivity contribution in [3.05, 3.63) is 12.1 Å². The van der Waals surface area contributed by atoms with E-state index in [9.17, 15) is 4.79 Å². The monoisotopic (exact) mass is 265 g/mol. The molecule has 1 aliphatic rings. The quantitative estimate of drug-likeness (QED) is 0.780. The predicted octanol–water partition coefficient (Wildman–Crippen LogP) is 0.612. The van der Waals surface area contributed by atoms with Crippen molar-refractivity contribution in [1.82, 2.24) is 5.32 Å². The Hall–Kier alpha value is -2.11. The van der Waals surface area contributed by atoms with Crippen LogP contribution >= 0.6 is 0 Å². The zero-order chi connectivity index (χ0) is 13.8. The molecule has 0 aromatic heterocycles. The molecule has 3 N–H and O–H groups in total. The van der Waals surface area contributed by atoms with Crippen LogP contribution in [0.1, 0.15) is 6.92 Å². The third-order valence-electron chi connectivity index (χ3n) is 2.86. The van der Waals surface area contributed by atoms with E-state index in [2.05, 4.69) is 5.32 Å². The maximum atomic E-state index is 11.6. The Morgan fingerprint density at radius 3 is 2.63 bits per heavy atom. The maximum absolute atomic E-state index is 11.6. The number of nitrogens with zero attached hydrogens (tertiary/aromatic N) is 1. The number of nitrogens with one attached hydrogen (secondary N) is 1. The molecule has 0 aliphatic carbocycles. The van der Waals surface area contributed by atoms with Crippen molar-refractivity contribution >= 4 is 17.3 Å². The van der Waals surface area contributed by atoms with Gasteiger partial charge in [0.05, 0.1) is 17.9 Å². The molecule has 0 unspecified atom stereocenters. The van der Waals surface area contributed by atoms with Crippen LogP contribution in [0.5, 0.6) is 11.5 Å². The maximum Gasteiger partial charge on any atom is 0.239 e. The summed E-state index contributed by atoms with van der Waals surface area (Å²) in [5.41, 5.74) is 7.31. The van der Waals surface area contributed by atoms with Gasteiger partial charge in [-0.25, -0.2) is 0 Å². The number of carbonyl (C=O) groups excluding carboxylic acids is 1. The molecule has 0 bridgehead atoms. The first kappa shape index (κ1) is 13.3. The molecule has 0 spiro atoms. The van der Waals surface area contributed by atoms with Gasteiger partial charge in [0, 0.05) is 25.7 Å². The average molecular weight is 265 g/mol. The van der Waals surface area contributed by atoms with Crippen molar-refractivity contribution in [1.29, 1.82) is 0 Å². The topological polar surface area (TPSA) is 76.8 Å². The second kappa shape index (κ2) is 5.69. The Balaban J connectivity index is 2.17. The number of benzene rings is 1. The minimum absolute atomic E-state index is 0.0423. The first-order valence-corrected chi connectivity index (χ1v) is 6.28. The SMILES string of the molecule is CCNC(=O)CN(C)c1cc2c(cc1N)OCCO2. The zero-order valence-corrected chi connectivity index (χ0v) is 11.2. The van der Waals surface area contributed by atoms with Crippen molar-refractivity contribution in [3.63, 3.8) is 0 Å². The molecule has 0 saturated carbocycles. The summed E-state index contributed by atoms with van der Waals surface area (Å²) in [6.45, 7) is 3.80. The highest BCUT2D eigenvalue weighted by atomic mass is 16.6. The van der Waals surface area contributed by atoms with Crippen LogP contribution in [0, 0.1) is 0 Å². The lowest BCUT2D eigenvalue weighted by atomic mass is 10.2. The van der Waals surface area contributed by atoms with Crippen molar-refractivity contribution in [2.24, 2.45) is 0 Å². The van der Waals surface area contributed by atoms with Gasteiger partial charge < -0.3 is 25.4 Å². The molecule has 6 heteroatoms. The van der Waals surface area contributed by atoms with Crippen LogP contribution in [-0.2, 0) is 4.79 Å². The van der Waals surface area contributed by atoms with E-state index in [0.717, 1.165) is 5.69 Å². The highest BCUT2D eigenvalue weighted by molar-refractivity contribution is 5.83. The molecule has 2 rings (SSSR count). The van der Waals surface area contributed by atoms with Gasteiger partial charge in [-0.15, -0.1) is 0 Å². The van der Waals surface area contributed by atoms with Crippen LogP contribution in [-0.4, -0.2) is 39.3 Å². The van der Waals surface area contributed by atoms with E-state index in [0.29, 0.717) is 36.9 Å². The second-order valence-electron chi connectivity index (χ2n) is 4.36. The van der Waals surface area contributed by atoms with Gasteiger partial charge in [0.25, 0.3) is 0 Å². The average Bonchev–Trinajstić information content (AvgIpc) is 2.38. The lowest BCUT2D eigenvalue weighted by molar-refractivity contribution is -0.119. The Kier molecular flexibility index (Phi) is 3.99. The summed E-state index contributed by atoms with van der Waals surface area (Å²) >= 11 is 0. The van der Waals surface area contributed by atoms with Gasteiger partial charge >= 0.3 is 0 Å². The normalized spacial score (nSPS) is 12.9. The molecule has 104 valence electrons. The number of carbonyl (C=O) groups is 1. The van der Waals surface area contributed by atoms with E-state index in [1.54, 1.807) is 11.0 Å². The molecule has 19 heavy (non-hydrogen) atoms. The van der Waals surface area contributed by atoms with Crippen molar-refractivity contribution < 1.29 is 14.3 Å². The molecule has 6 nitrogen and oxygen atoms in total. The number of hydrogen-bond donors (Lipinski definition) is 2. The number of anilines is 2. The smallest absolute Gasteiger partial charge is 0.239 e. The molecule has 0 atom stereocenters. The van der Waals surface area contributed by atoms with E-state index in [1.807, 2.05) is 20.0 Å². The number of rotatable bonds is 4. The zero-order valence-electron chi connectivity index (χ0n) is 11.2. The number of nitrogen functional groups attached to an aromatic ring is 1. The minimum atomic E-state index is -0.0423. The lowest BCUT2D eigenvalue weighted by Crippen LogP contribution is -2.35. The third-order valence-corrected chi connectivity index (χ3v) is 2.86. The standard InChI is InChI=1S/C13H19N3O3/c1-3-15-13(17)8-16(2)10-7-12-11(6-9(10)14)18-4-5-19-12/h6-7H,3-5,8,14H2,1-2H3,(H,15,17). The van der Waals surface area contributed by atoms with Crippen LogP contribution in [0.15, 0.2) is 12.1 Å². The molecule has 0 radical (unpaired) electrons. The fraction of sp³-hybridized carbons (Fsp3) is 0.462. The van der Waals surface area contributed by atoms with Crippen LogP contribution in [0.4, 0.5) is 11.4 Å². The van der Waals surface area contributed by atoms with Crippen molar-refractivity contribution in [3.8, 4) is 11.5 Å². The Morgan fingerprint density at radius 2 is 2.00 bits per heavy atom. The third kappa shape index (κ3) is 3.01. The highest BCUT2D eigenvalue weighted by Crippen LogP contribution is 2.38. The summed E-state index contributed by atoms with van der Waals surface area (Å²) in [6, 6.07) is 3.54. The van der Waals surface area contributed by atoms with Gasteiger partial charge in [-0.1, -0.05) is 0 Å². The first-order chi connectivity index (χ1) is 9.11. The molecule has 0 fully saturated rings. The van der Waals surface area contributed by atoms with E-state index in [1.165, 1.54) is 0 Å². The number of ether oxygens (including phenoxy) is 2. The van der Waals surface area contributed by atoms with Gasteiger partial charge in [-0.3, -0.25) is 4.79 Å². The molecular formula is C13H19N3O3. The van der Waals surface area contributed by atoms with Crippen LogP contribution < -0.4 is 25.4 Å². The number of amides is 1. The number of fused-ring (bicyclic) bond motifs is 1. The van der Waals surface area contributed by atoms with Gasteiger partial charge in [0.1, 0.15) is 13.2 Å².